The Hall–Kier alpha value is -0.930. The highest BCUT2D eigenvalue weighted by Gasteiger charge is 2.23. The Morgan fingerprint density at radius 2 is 1.44 bits per heavy atom. The lowest BCUT2D eigenvalue weighted by atomic mass is 9.89. The van der Waals surface area contributed by atoms with Crippen molar-refractivity contribution in [3.8, 4) is 0 Å². The van der Waals surface area contributed by atoms with E-state index in [9.17, 15) is 0 Å². The van der Waals surface area contributed by atoms with Gasteiger partial charge in [-0.3, -0.25) is 0 Å². The zero-order valence-electron chi connectivity index (χ0n) is 25.3. The van der Waals surface area contributed by atoms with Crippen LogP contribution in [0.4, 0.5) is 5.69 Å². The predicted octanol–water partition coefficient (Wildman–Crippen LogP) is 7.70. The fourth-order valence-corrected chi connectivity index (χ4v) is 8.92. The molecule has 8 heteroatoms. The average molecular weight is 616 g/mol. The summed E-state index contributed by atoms with van der Waals surface area (Å²) in [5, 5.41) is 0.936. The number of hydrogen-bond donors (Lipinski definition) is 0. The van der Waals surface area contributed by atoms with Crippen molar-refractivity contribution in [3.05, 3.63) is 58.6 Å². The lowest BCUT2D eigenvalue weighted by molar-refractivity contribution is 0.187. The summed E-state index contributed by atoms with van der Waals surface area (Å²) in [4.78, 5) is 6.33. The van der Waals surface area contributed by atoms with E-state index in [1.165, 1.54) is 92.7 Å². The van der Waals surface area contributed by atoms with Crippen molar-refractivity contribution >= 4 is 41.4 Å². The molecule has 0 bridgehead atoms. The van der Waals surface area contributed by atoms with Gasteiger partial charge in [0, 0.05) is 87.6 Å². The summed E-state index contributed by atoms with van der Waals surface area (Å²) in [5.41, 5.74) is 4.01. The molecule has 5 rings (SSSR count). The van der Waals surface area contributed by atoms with Gasteiger partial charge >= 0.3 is 0 Å². The second-order valence-corrected chi connectivity index (χ2v) is 15.0. The van der Waals surface area contributed by atoms with Crippen LogP contribution in [-0.2, 0) is 13.0 Å². The summed E-state index contributed by atoms with van der Waals surface area (Å²) in [6.07, 6.45) is 11.9. The third-order valence-corrected chi connectivity index (χ3v) is 11.4. The van der Waals surface area contributed by atoms with E-state index in [-0.39, 0.29) is 0 Å². The minimum Gasteiger partial charge on any atom is -0.378 e. The molecule has 2 heterocycles. The largest absolute Gasteiger partial charge is 0.378 e. The van der Waals surface area contributed by atoms with Gasteiger partial charge in [-0.1, -0.05) is 43.0 Å². The van der Waals surface area contributed by atoms with E-state index in [1.807, 2.05) is 30.1 Å². The Bertz CT molecular complexity index is 1060. The topological polar surface area (TPSA) is 16.2 Å². The van der Waals surface area contributed by atoms with E-state index >= 15 is 0 Å². The number of benzene rings is 2. The quantitative estimate of drug-likeness (QED) is 0.293. The first-order chi connectivity index (χ1) is 20.0. The molecule has 3 aliphatic rings. The van der Waals surface area contributed by atoms with Crippen molar-refractivity contribution in [2.75, 3.05) is 71.4 Å². The van der Waals surface area contributed by atoms with Crippen molar-refractivity contribution < 1.29 is 0 Å². The monoisotopic (exact) mass is 615 g/mol. The number of rotatable bonds is 7. The highest BCUT2D eigenvalue weighted by Crippen LogP contribution is 2.31. The fraction of sp³-hybridized carbons (Fsp3) is 0.636. The molecule has 2 aromatic carbocycles. The Kier molecular flexibility index (Phi) is 12.5. The van der Waals surface area contributed by atoms with Crippen LogP contribution in [0.1, 0.15) is 62.5 Å². The highest BCUT2D eigenvalue weighted by atomic mass is 35.5. The normalized spacial score (nSPS) is 21.6. The summed E-state index contributed by atoms with van der Waals surface area (Å²) < 4.78 is 7.85. The third kappa shape index (κ3) is 9.79. The molecule has 0 unspecified atom stereocenters. The van der Waals surface area contributed by atoms with E-state index in [4.69, 9.17) is 11.6 Å². The van der Waals surface area contributed by atoms with Crippen molar-refractivity contribution in [1.82, 2.24) is 17.8 Å². The predicted molar refractivity (Wildman–Crippen MR) is 180 cm³/mol. The van der Waals surface area contributed by atoms with Crippen molar-refractivity contribution in [2.45, 2.75) is 69.2 Å². The molecular formula is C33H50ClN5S2. The van der Waals surface area contributed by atoms with Crippen LogP contribution in [0.25, 0.3) is 0 Å². The van der Waals surface area contributed by atoms with Gasteiger partial charge in [-0.2, -0.15) is 0 Å². The molecule has 1 saturated carbocycles. The van der Waals surface area contributed by atoms with Gasteiger partial charge in [0.2, 0.25) is 0 Å². The Morgan fingerprint density at radius 3 is 2.15 bits per heavy atom. The number of anilines is 1. The van der Waals surface area contributed by atoms with Gasteiger partial charge in [0.25, 0.3) is 0 Å². The molecule has 0 N–H and O–H groups in total. The first-order valence-electron chi connectivity index (χ1n) is 15.9. The van der Waals surface area contributed by atoms with Gasteiger partial charge in [0.1, 0.15) is 0 Å². The minimum atomic E-state index is 0.906. The minimum absolute atomic E-state index is 0.906. The number of hydrogen-bond acceptors (Lipinski definition) is 7. The summed E-state index contributed by atoms with van der Waals surface area (Å²) >= 11 is 10.4. The van der Waals surface area contributed by atoms with Crippen LogP contribution in [0.3, 0.4) is 0 Å². The lowest BCUT2D eigenvalue weighted by Crippen LogP contribution is -2.37. The lowest BCUT2D eigenvalue weighted by Gasteiger charge is -2.34. The Labute approximate surface area is 263 Å². The van der Waals surface area contributed by atoms with Crippen LogP contribution in [0.2, 0.25) is 5.02 Å². The number of nitrogens with zero attached hydrogens (tertiary/aromatic N) is 5. The smallest absolute Gasteiger partial charge is 0.0441 e. The first kappa shape index (κ1) is 31.5. The molecule has 0 radical (unpaired) electrons. The third-order valence-electron chi connectivity index (χ3n) is 8.81. The second kappa shape index (κ2) is 16.2. The second-order valence-electron chi connectivity index (χ2n) is 12.3. The fourth-order valence-electron chi connectivity index (χ4n) is 6.51. The van der Waals surface area contributed by atoms with Gasteiger partial charge in [0.05, 0.1) is 0 Å². The maximum absolute atomic E-state index is 6.51. The maximum atomic E-state index is 6.51. The molecule has 226 valence electrons. The van der Waals surface area contributed by atoms with Crippen LogP contribution in [0.5, 0.6) is 0 Å². The van der Waals surface area contributed by atoms with E-state index in [0.717, 1.165) is 56.6 Å². The number of fused-ring (bicyclic) bond motifs is 1. The zero-order valence-corrected chi connectivity index (χ0v) is 27.7. The van der Waals surface area contributed by atoms with Crippen LogP contribution < -0.4 is 4.90 Å². The summed E-state index contributed by atoms with van der Waals surface area (Å²) in [7, 11) is 4.22. The standard InChI is InChI=1S/C33H50ClN5S2/c1-35(2)30-14-16-31(17-15-30)40-37-21-7-19-36(26-28-10-4-3-5-11-28)20-8-23-38(24-9-22-37)41-39-25-18-32-29(27-39)12-6-13-33(32)34/h6,12-17,28H,3-5,7-11,18-27H2,1-2H3. The van der Waals surface area contributed by atoms with Crippen molar-refractivity contribution in [1.29, 1.82) is 0 Å². The maximum Gasteiger partial charge on any atom is 0.0441 e. The molecule has 2 fully saturated rings. The van der Waals surface area contributed by atoms with Crippen LogP contribution in [0.15, 0.2) is 47.4 Å². The summed E-state index contributed by atoms with van der Waals surface area (Å²) in [6.45, 7) is 10.4. The molecule has 1 saturated heterocycles. The Morgan fingerprint density at radius 1 is 0.756 bits per heavy atom. The molecule has 2 aliphatic heterocycles. The SMILES string of the molecule is CN(C)c1ccc(SN2CCCN(CC3CCCCC3)CCCN(SN3CCc4c(Cl)cccc4C3)CCC2)cc1. The first-order valence-corrected chi connectivity index (χ1v) is 17.8. The van der Waals surface area contributed by atoms with E-state index in [1.54, 1.807) is 0 Å². The molecule has 41 heavy (non-hydrogen) atoms. The van der Waals surface area contributed by atoms with Gasteiger partial charge < -0.3 is 9.80 Å². The van der Waals surface area contributed by atoms with E-state index < -0.39 is 0 Å². The summed E-state index contributed by atoms with van der Waals surface area (Å²) in [6, 6.07) is 15.5. The highest BCUT2D eigenvalue weighted by molar-refractivity contribution is 7.97. The van der Waals surface area contributed by atoms with Crippen molar-refractivity contribution in [3.63, 3.8) is 0 Å². The number of halogens is 1. The average Bonchev–Trinajstić information content (AvgIpc) is 2.97. The van der Waals surface area contributed by atoms with Gasteiger partial charge in [-0.25, -0.2) is 12.9 Å². The van der Waals surface area contributed by atoms with Gasteiger partial charge in [-0.05, 0) is 111 Å². The zero-order chi connectivity index (χ0) is 28.4. The molecule has 0 amide bonds. The van der Waals surface area contributed by atoms with Crippen LogP contribution in [-0.4, -0.2) is 84.3 Å². The molecular weight excluding hydrogens is 566 g/mol. The van der Waals surface area contributed by atoms with Gasteiger partial charge in [-0.15, -0.1) is 0 Å². The molecule has 5 nitrogen and oxygen atoms in total. The summed E-state index contributed by atoms with van der Waals surface area (Å²) in [5.74, 6) is 0.906. The molecule has 0 spiro atoms. The van der Waals surface area contributed by atoms with E-state index in [0.29, 0.717) is 0 Å². The van der Waals surface area contributed by atoms with Crippen LogP contribution >= 0.6 is 35.7 Å². The molecule has 0 aromatic heterocycles. The van der Waals surface area contributed by atoms with Crippen LogP contribution in [0, 0.1) is 5.92 Å². The van der Waals surface area contributed by atoms with Gasteiger partial charge in [0.15, 0.2) is 0 Å². The molecule has 0 atom stereocenters. The molecule has 1 aliphatic carbocycles. The van der Waals surface area contributed by atoms with E-state index in [2.05, 4.69) is 73.2 Å². The molecule has 2 aromatic rings. The van der Waals surface area contributed by atoms with Crippen molar-refractivity contribution in [2.24, 2.45) is 5.92 Å². The Balaban J connectivity index is 1.22.